The van der Waals surface area contributed by atoms with E-state index in [1.54, 1.807) is 12.1 Å². The fourth-order valence-electron chi connectivity index (χ4n) is 5.57. The third kappa shape index (κ3) is 6.54. The quantitative estimate of drug-likeness (QED) is 0.170. The van der Waals surface area contributed by atoms with Crippen LogP contribution < -0.4 is 0 Å². The first-order valence-electron chi connectivity index (χ1n) is 14.8. The SMILES string of the molecule is CC(C)(c1ccc(-c2ccccc2)c(-c2cccc(C(F)(F)F)c2)n1)c1ccc(-c2ccccc2)c(-c2cccc(C(F)(F)F)c2)n1. The lowest BCUT2D eigenvalue weighted by atomic mass is 9.82. The summed E-state index contributed by atoms with van der Waals surface area (Å²) < 4.78 is 82.4. The van der Waals surface area contributed by atoms with Gasteiger partial charge in [0.1, 0.15) is 0 Å². The average molecular weight is 639 g/mol. The third-order valence-corrected chi connectivity index (χ3v) is 8.17. The second kappa shape index (κ2) is 12.2. The van der Waals surface area contributed by atoms with Gasteiger partial charge in [0.25, 0.3) is 0 Å². The second-order valence-electron chi connectivity index (χ2n) is 11.7. The van der Waals surface area contributed by atoms with Crippen LogP contribution in [0.25, 0.3) is 44.8 Å². The summed E-state index contributed by atoms with van der Waals surface area (Å²) in [5.41, 5.74) is 2.79. The van der Waals surface area contributed by atoms with Gasteiger partial charge < -0.3 is 0 Å². The highest BCUT2D eigenvalue weighted by Gasteiger charge is 2.33. The number of halogens is 6. The first kappa shape index (κ1) is 31.7. The Morgan fingerprint density at radius 1 is 0.404 bits per heavy atom. The lowest BCUT2D eigenvalue weighted by molar-refractivity contribution is -0.138. The van der Waals surface area contributed by atoms with Gasteiger partial charge in [-0.05, 0) is 61.4 Å². The van der Waals surface area contributed by atoms with Gasteiger partial charge in [-0.1, -0.05) is 97.1 Å². The van der Waals surface area contributed by atoms with Gasteiger partial charge in [-0.3, -0.25) is 9.97 Å². The maximum atomic E-state index is 13.7. The molecule has 2 heterocycles. The third-order valence-electron chi connectivity index (χ3n) is 8.17. The predicted molar refractivity (Wildman–Crippen MR) is 172 cm³/mol. The molecule has 47 heavy (non-hydrogen) atoms. The van der Waals surface area contributed by atoms with E-state index in [2.05, 4.69) is 0 Å². The number of pyridine rings is 2. The van der Waals surface area contributed by atoms with Gasteiger partial charge in [0, 0.05) is 27.7 Å². The molecule has 0 aliphatic heterocycles. The molecule has 6 aromatic rings. The van der Waals surface area contributed by atoms with E-state index in [0.717, 1.165) is 35.4 Å². The van der Waals surface area contributed by atoms with E-state index in [9.17, 15) is 26.3 Å². The van der Waals surface area contributed by atoms with Crippen molar-refractivity contribution in [3.05, 3.63) is 156 Å². The zero-order valence-electron chi connectivity index (χ0n) is 25.4. The van der Waals surface area contributed by atoms with Crippen molar-refractivity contribution in [3.63, 3.8) is 0 Å². The molecule has 0 bridgehead atoms. The van der Waals surface area contributed by atoms with Crippen molar-refractivity contribution in [2.45, 2.75) is 31.6 Å². The molecule has 0 saturated heterocycles. The largest absolute Gasteiger partial charge is 0.416 e. The van der Waals surface area contributed by atoms with Crippen LogP contribution in [0.2, 0.25) is 0 Å². The Balaban J connectivity index is 1.53. The zero-order chi connectivity index (χ0) is 33.4. The zero-order valence-corrected chi connectivity index (χ0v) is 25.4. The van der Waals surface area contributed by atoms with Gasteiger partial charge in [0.2, 0.25) is 0 Å². The first-order valence-corrected chi connectivity index (χ1v) is 14.8. The van der Waals surface area contributed by atoms with Crippen LogP contribution in [-0.4, -0.2) is 9.97 Å². The van der Waals surface area contributed by atoms with E-state index >= 15 is 0 Å². The first-order chi connectivity index (χ1) is 22.3. The number of hydrogen-bond donors (Lipinski definition) is 0. The maximum Gasteiger partial charge on any atom is 0.416 e. The summed E-state index contributed by atoms with van der Waals surface area (Å²) in [6, 6.07) is 36.0. The normalized spacial score (nSPS) is 12.3. The Hall–Kier alpha value is -5.24. The molecule has 0 fully saturated rings. The Bertz CT molecular complexity index is 1890. The Morgan fingerprint density at radius 2 is 0.766 bits per heavy atom. The van der Waals surface area contributed by atoms with Gasteiger partial charge in [-0.15, -0.1) is 0 Å². The van der Waals surface area contributed by atoms with Crippen molar-refractivity contribution >= 4 is 0 Å². The molecule has 0 atom stereocenters. The number of nitrogens with zero attached hydrogens (tertiary/aromatic N) is 2. The summed E-state index contributed by atoms with van der Waals surface area (Å²) >= 11 is 0. The monoisotopic (exact) mass is 638 g/mol. The van der Waals surface area contributed by atoms with E-state index in [1.165, 1.54) is 12.1 Å². The van der Waals surface area contributed by atoms with Crippen molar-refractivity contribution in [1.29, 1.82) is 0 Å². The lowest BCUT2D eigenvalue weighted by Gasteiger charge is -2.26. The number of hydrogen-bond acceptors (Lipinski definition) is 2. The molecular formula is C39H28F6N2. The van der Waals surface area contributed by atoms with Crippen LogP contribution in [0.3, 0.4) is 0 Å². The summed E-state index contributed by atoms with van der Waals surface area (Å²) in [6.45, 7) is 3.77. The van der Waals surface area contributed by atoms with Crippen LogP contribution >= 0.6 is 0 Å². The van der Waals surface area contributed by atoms with Crippen LogP contribution in [0.15, 0.2) is 133 Å². The minimum Gasteiger partial charge on any atom is -0.251 e. The van der Waals surface area contributed by atoms with Gasteiger partial charge in [0.15, 0.2) is 0 Å². The van der Waals surface area contributed by atoms with E-state index in [4.69, 9.17) is 9.97 Å². The molecule has 4 aromatic carbocycles. The highest BCUT2D eigenvalue weighted by Crippen LogP contribution is 2.41. The number of aromatic nitrogens is 2. The fourth-order valence-corrected chi connectivity index (χ4v) is 5.57. The summed E-state index contributed by atoms with van der Waals surface area (Å²) in [5.74, 6) is 0. The molecule has 2 nitrogen and oxygen atoms in total. The summed E-state index contributed by atoms with van der Waals surface area (Å²) in [6.07, 6.45) is -9.08. The topological polar surface area (TPSA) is 25.8 Å². The highest BCUT2D eigenvalue weighted by atomic mass is 19.4. The highest BCUT2D eigenvalue weighted by molar-refractivity contribution is 5.82. The standard InChI is InChI=1S/C39H28F6N2/c1-37(2,33-21-19-31(25-11-5-3-6-12-25)35(46-33)27-15-9-17-29(23-27)38(40,41)42)34-22-20-32(26-13-7-4-8-14-26)36(47-34)28-16-10-18-30(24-28)39(43,44)45/h3-24H,1-2H3. The molecule has 8 heteroatoms. The van der Waals surface area contributed by atoms with Crippen molar-refractivity contribution < 1.29 is 26.3 Å². The molecule has 2 aromatic heterocycles. The Kier molecular flexibility index (Phi) is 8.22. The van der Waals surface area contributed by atoms with Crippen LogP contribution in [0.1, 0.15) is 36.4 Å². The van der Waals surface area contributed by atoms with Crippen LogP contribution in [-0.2, 0) is 17.8 Å². The van der Waals surface area contributed by atoms with Gasteiger partial charge in [0.05, 0.1) is 33.9 Å². The summed E-state index contributed by atoms with van der Waals surface area (Å²) in [4.78, 5) is 9.93. The van der Waals surface area contributed by atoms with Crippen LogP contribution in [0, 0.1) is 0 Å². The molecule has 0 aliphatic rings. The second-order valence-corrected chi connectivity index (χ2v) is 11.7. The van der Waals surface area contributed by atoms with E-state index in [0.29, 0.717) is 45.0 Å². The summed E-state index contributed by atoms with van der Waals surface area (Å²) in [5, 5.41) is 0. The molecule has 236 valence electrons. The number of rotatable bonds is 6. The molecule has 0 spiro atoms. The molecule has 0 radical (unpaired) electrons. The number of benzene rings is 4. The average Bonchev–Trinajstić information content (AvgIpc) is 3.08. The Labute approximate surface area is 268 Å². The van der Waals surface area contributed by atoms with E-state index < -0.39 is 28.9 Å². The van der Waals surface area contributed by atoms with Crippen molar-refractivity contribution in [2.75, 3.05) is 0 Å². The fraction of sp³-hybridized carbons (Fsp3) is 0.128. The molecule has 0 amide bonds. The molecule has 0 aliphatic carbocycles. The van der Waals surface area contributed by atoms with Crippen LogP contribution in [0.5, 0.6) is 0 Å². The Morgan fingerprint density at radius 3 is 1.13 bits per heavy atom. The number of alkyl halides is 6. The smallest absolute Gasteiger partial charge is 0.251 e. The van der Waals surface area contributed by atoms with Gasteiger partial charge in [-0.25, -0.2) is 0 Å². The van der Waals surface area contributed by atoms with Crippen molar-refractivity contribution in [1.82, 2.24) is 9.97 Å². The van der Waals surface area contributed by atoms with E-state index in [-0.39, 0.29) is 0 Å². The molecule has 0 unspecified atom stereocenters. The summed E-state index contributed by atoms with van der Waals surface area (Å²) in [7, 11) is 0. The maximum absolute atomic E-state index is 13.7. The van der Waals surface area contributed by atoms with Crippen LogP contribution in [0.4, 0.5) is 26.3 Å². The minimum atomic E-state index is -4.54. The lowest BCUT2D eigenvalue weighted by Crippen LogP contribution is -2.23. The van der Waals surface area contributed by atoms with Crippen molar-refractivity contribution in [3.8, 4) is 44.8 Å². The predicted octanol–water partition coefficient (Wildman–Crippen LogP) is 11.5. The van der Waals surface area contributed by atoms with Gasteiger partial charge >= 0.3 is 12.4 Å². The molecular weight excluding hydrogens is 610 g/mol. The molecule has 0 N–H and O–H groups in total. The van der Waals surface area contributed by atoms with E-state index in [1.807, 2.05) is 98.8 Å². The molecule has 0 saturated carbocycles. The van der Waals surface area contributed by atoms with Crippen molar-refractivity contribution in [2.24, 2.45) is 0 Å². The van der Waals surface area contributed by atoms with Gasteiger partial charge in [-0.2, -0.15) is 26.3 Å². The minimum absolute atomic E-state index is 0.299. The molecule has 6 rings (SSSR count).